The number of rotatable bonds is 2. The van der Waals surface area contributed by atoms with Gasteiger partial charge in [0.25, 0.3) is 0 Å². The molecule has 5 heteroatoms. The Labute approximate surface area is 111 Å². The van der Waals surface area contributed by atoms with Gasteiger partial charge in [0.2, 0.25) is 17.5 Å². The van der Waals surface area contributed by atoms with Crippen molar-refractivity contribution in [3.8, 4) is 17.5 Å². The second kappa shape index (κ2) is 5.12. The predicted octanol–water partition coefficient (Wildman–Crippen LogP) is 2.05. The maximum atomic E-state index is 9.18. The van der Waals surface area contributed by atoms with Crippen LogP contribution < -0.4 is 4.90 Å². The molecule has 1 aliphatic rings. The van der Waals surface area contributed by atoms with E-state index in [1.54, 1.807) is 0 Å². The lowest BCUT2D eigenvalue weighted by atomic mass is 10.2. The van der Waals surface area contributed by atoms with E-state index in [1.165, 1.54) is 0 Å². The molecular formula is C14H13N3O2. The van der Waals surface area contributed by atoms with Crippen LogP contribution in [0, 0.1) is 11.3 Å². The summed E-state index contributed by atoms with van der Waals surface area (Å²) in [7, 11) is 0. The monoisotopic (exact) mass is 255 g/mol. The molecule has 19 heavy (non-hydrogen) atoms. The van der Waals surface area contributed by atoms with Crippen molar-refractivity contribution in [1.29, 1.82) is 5.26 Å². The Morgan fingerprint density at radius 1 is 1.16 bits per heavy atom. The molecule has 0 unspecified atom stereocenters. The van der Waals surface area contributed by atoms with Crippen molar-refractivity contribution >= 4 is 5.88 Å². The van der Waals surface area contributed by atoms with E-state index in [2.05, 4.69) is 11.1 Å². The highest BCUT2D eigenvalue weighted by Crippen LogP contribution is 2.28. The van der Waals surface area contributed by atoms with Gasteiger partial charge in [-0.15, -0.1) is 0 Å². The van der Waals surface area contributed by atoms with Crippen LogP contribution in [0.4, 0.5) is 5.88 Å². The van der Waals surface area contributed by atoms with Crippen molar-refractivity contribution in [1.82, 2.24) is 4.98 Å². The molecule has 2 aromatic rings. The smallest absolute Gasteiger partial charge is 0.235 e. The highest BCUT2D eigenvalue weighted by atomic mass is 16.5. The van der Waals surface area contributed by atoms with Crippen LogP contribution in [0.2, 0.25) is 0 Å². The molecule has 1 aromatic heterocycles. The third-order valence-corrected chi connectivity index (χ3v) is 3.03. The minimum absolute atomic E-state index is 0.334. The van der Waals surface area contributed by atoms with Gasteiger partial charge in [0, 0.05) is 18.7 Å². The van der Waals surface area contributed by atoms with E-state index < -0.39 is 0 Å². The minimum atomic E-state index is 0.334. The maximum Gasteiger partial charge on any atom is 0.235 e. The van der Waals surface area contributed by atoms with Crippen LogP contribution in [0.5, 0.6) is 0 Å². The summed E-state index contributed by atoms with van der Waals surface area (Å²) in [5.74, 6) is 1.03. The summed E-state index contributed by atoms with van der Waals surface area (Å²) >= 11 is 0. The van der Waals surface area contributed by atoms with Crippen LogP contribution >= 0.6 is 0 Å². The van der Waals surface area contributed by atoms with E-state index in [1.807, 2.05) is 35.2 Å². The van der Waals surface area contributed by atoms with Gasteiger partial charge in [-0.25, -0.2) is 0 Å². The molecule has 0 saturated carbocycles. The average Bonchev–Trinajstić information content (AvgIpc) is 2.93. The second-order valence-corrected chi connectivity index (χ2v) is 4.25. The number of ether oxygens (including phenoxy) is 1. The molecule has 0 atom stereocenters. The third-order valence-electron chi connectivity index (χ3n) is 3.03. The lowest BCUT2D eigenvalue weighted by Crippen LogP contribution is -2.36. The Balaban J connectivity index is 1.97. The molecule has 0 radical (unpaired) electrons. The Morgan fingerprint density at radius 2 is 1.89 bits per heavy atom. The molecule has 3 rings (SSSR count). The minimum Gasteiger partial charge on any atom is -0.419 e. The number of hydrogen-bond donors (Lipinski definition) is 0. The van der Waals surface area contributed by atoms with Crippen LogP contribution in [-0.2, 0) is 4.74 Å². The largest absolute Gasteiger partial charge is 0.419 e. The van der Waals surface area contributed by atoms with E-state index in [4.69, 9.17) is 9.15 Å². The standard InChI is InChI=1S/C14H13N3O2/c15-10-12-14(17-6-8-18-9-7-17)19-13(16-12)11-4-2-1-3-5-11/h1-5H,6-9H2. The lowest BCUT2D eigenvalue weighted by molar-refractivity contribution is 0.121. The number of morpholine rings is 1. The molecule has 0 amide bonds. The zero-order valence-electron chi connectivity index (χ0n) is 10.4. The first-order valence-electron chi connectivity index (χ1n) is 6.17. The van der Waals surface area contributed by atoms with Gasteiger partial charge in [0.15, 0.2) is 0 Å². The van der Waals surface area contributed by atoms with E-state index in [-0.39, 0.29) is 0 Å². The fraction of sp³-hybridized carbons (Fsp3) is 0.286. The highest BCUT2D eigenvalue weighted by molar-refractivity contribution is 5.59. The molecule has 1 aliphatic heterocycles. The van der Waals surface area contributed by atoms with Crippen molar-refractivity contribution in [3.05, 3.63) is 36.0 Å². The topological polar surface area (TPSA) is 62.3 Å². The van der Waals surface area contributed by atoms with Gasteiger partial charge >= 0.3 is 0 Å². The molecule has 1 saturated heterocycles. The number of hydrogen-bond acceptors (Lipinski definition) is 5. The van der Waals surface area contributed by atoms with Gasteiger partial charge < -0.3 is 14.1 Å². The van der Waals surface area contributed by atoms with E-state index in [0.29, 0.717) is 30.7 Å². The van der Waals surface area contributed by atoms with Gasteiger partial charge in [0.1, 0.15) is 6.07 Å². The summed E-state index contributed by atoms with van der Waals surface area (Å²) in [6.07, 6.45) is 0. The number of benzene rings is 1. The quantitative estimate of drug-likeness (QED) is 0.821. The SMILES string of the molecule is N#Cc1nc(-c2ccccc2)oc1N1CCOCC1. The maximum absolute atomic E-state index is 9.18. The number of nitriles is 1. The van der Waals surface area contributed by atoms with Crippen LogP contribution in [0.25, 0.3) is 11.5 Å². The van der Waals surface area contributed by atoms with E-state index >= 15 is 0 Å². The van der Waals surface area contributed by atoms with E-state index in [0.717, 1.165) is 18.7 Å². The fourth-order valence-corrected chi connectivity index (χ4v) is 2.07. The molecule has 0 bridgehead atoms. The third kappa shape index (κ3) is 2.30. The number of oxazole rings is 1. The van der Waals surface area contributed by atoms with Crippen molar-refractivity contribution in [2.45, 2.75) is 0 Å². The number of nitrogens with zero attached hydrogens (tertiary/aromatic N) is 3. The summed E-state index contributed by atoms with van der Waals surface area (Å²) in [4.78, 5) is 6.27. The van der Waals surface area contributed by atoms with Gasteiger partial charge in [-0.2, -0.15) is 10.2 Å². The Bertz CT molecular complexity index is 595. The summed E-state index contributed by atoms with van der Waals surface area (Å²) in [6, 6.07) is 11.7. The molecule has 0 N–H and O–H groups in total. The average molecular weight is 255 g/mol. The van der Waals surface area contributed by atoms with E-state index in [9.17, 15) is 5.26 Å². The Morgan fingerprint density at radius 3 is 2.58 bits per heavy atom. The molecule has 1 fully saturated rings. The van der Waals surface area contributed by atoms with Crippen LogP contribution in [0.1, 0.15) is 5.69 Å². The first-order valence-corrected chi connectivity index (χ1v) is 6.17. The summed E-state index contributed by atoms with van der Waals surface area (Å²) in [5, 5.41) is 9.18. The Hall–Kier alpha value is -2.32. The lowest BCUT2D eigenvalue weighted by Gasteiger charge is -2.25. The molecule has 96 valence electrons. The molecular weight excluding hydrogens is 242 g/mol. The highest BCUT2D eigenvalue weighted by Gasteiger charge is 2.21. The van der Waals surface area contributed by atoms with Gasteiger partial charge in [-0.05, 0) is 12.1 Å². The molecule has 1 aromatic carbocycles. The second-order valence-electron chi connectivity index (χ2n) is 4.25. The normalized spacial score (nSPS) is 15.2. The zero-order chi connectivity index (χ0) is 13.1. The molecule has 0 spiro atoms. The fourth-order valence-electron chi connectivity index (χ4n) is 2.07. The summed E-state index contributed by atoms with van der Waals surface area (Å²) < 4.78 is 11.1. The number of aromatic nitrogens is 1. The van der Waals surface area contributed by atoms with Gasteiger partial charge in [0.05, 0.1) is 13.2 Å². The predicted molar refractivity (Wildman–Crippen MR) is 69.7 cm³/mol. The summed E-state index contributed by atoms with van der Waals surface area (Å²) in [5.41, 5.74) is 1.21. The Kier molecular flexibility index (Phi) is 3.17. The van der Waals surface area contributed by atoms with Crippen LogP contribution in [0.3, 0.4) is 0 Å². The van der Waals surface area contributed by atoms with Crippen molar-refractivity contribution in [2.24, 2.45) is 0 Å². The molecule has 2 heterocycles. The molecule has 0 aliphatic carbocycles. The molecule has 5 nitrogen and oxygen atoms in total. The first kappa shape index (κ1) is 11.8. The number of anilines is 1. The summed E-state index contributed by atoms with van der Waals surface area (Å²) in [6.45, 7) is 2.73. The van der Waals surface area contributed by atoms with Crippen LogP contribution in [0.15, 0.2) is 34.7 Å². The van der Waals surface area contributed by atoms with Gasteiger partial charge in [-0.1, -0.05) is 18.2 Å². The van der Waals surface area contributed by atoms with Crippen molar-refractivity contribution < 1.29 is 9.15 Å². The first-order chi connectivity index (χ1) is 9.38. The van der Waals surface area contributed by atoms with Crippen molar-refractivity contribution in [3.63, 3.8) is 0 Å². The van der Waals surface area contributed by atoms with Crippen LogP contribution in [-0.4, -0.2) is 31.3 Å². The zero-order valence-corrected chi connectivity index (χ0v) is 10.4. The van der Waals surface area contributed by atoms with Gasteiger partial charge in [-0.3, -0.25) is 0 Å². The van der Waals surface area contributed by atoms with Crippen molar-refractivity contribution in [2.75, 3.05) is 31.2 Å².